The van der Waals surface area contributed by atoms with Crippen LogP contribution in [0.2, 0.25) is 0 Å². The van der Waals surface area contributed by atoms with Crippen LogP contribution in [0.4, 0.5) is 0 Å². The molecule has 1 unspecified atom stereocenters. The Morgan fingerprint density at radius 3 is 2.36 bits per heavy atom. The van der Waals surface area contributed by atoms with E-state index in [1.165, 1.54) is 0 Å². The van der Waals surface area contributed by atoms with Crippen molar-refractivity contribution in [2.45, 2.75) is 77.4 Å². The summed E-state index contributed by atoms with van der Waals surface area (Å²) in [7, 11) is 0. The summed E-state index contributed by atoms with van der Waals surface area (Å²) in [6.45, 7) is 6.19. The van der Waals surface area contributed by atoms with Crippen molar-refractivity contribution in [3.05, 3.63) is 35.9 Å². The molecule has 2 rings (SSSR count). The number of hydrogen-bond donors (Lipinski definition) is 1. The molecule has 0 aromatic heterocycles. The highest BCUT2D eigenvalue weighted by atomic mass is 16.6. The molecule has 0 saturated heterocycles. The average Bonchev–Trinajstić information content (AvgIpc) is 2.72. The van der Waals surface area contributed by atoms with Crippen LogP contribution in [-0.2, 0) is 24.7 Å². The Morgan fingerprint density at radius 1 is 1.14 bits per heavy atom. The molecular formula is C23H35NO4. The first-order chi connectivity index (χ1) is 13.4. The number of hydrogen-bond acceptors (Lipinski definition) is 5. The monoisotopic (exact) mass is 389 g/mol. The predicted molar refractivity (Wildman–Crippen MR) is 109 cm³/mol. The van der Waals surface area contributed by atoms with Crippen LogP contribution in [0.15, 0.2) is 30.3 Å². The van der Waals surface area contributed by atoms with Crippen LogP contribution in [0.5, 0.6) is 0 Å². The first kappa shape index (κ1) is 22.6. The van der Waals surface area contributed by atoms with Gasteiger partial charge >= 0.3 is 11.9 Å². The fourth-order valence-electron chi connectivity index (χ4n) is 3.86. The molecule has 1 aliphatic rings. The number of carbonyl (C=O) groups is 2. The van der Waals surface area contributed by atoms with Crippen molar-refractivity contribution in [2.24, 2.45) is 17.6 Å². The maximum Gasteiger partial charge on any atom is 0.351 e. The number of unbranched alkanes of at least 4 members (excludes halogenated alkanes) is 1. The quantitative estimate of drug-likeness (QED) is 0.386. The minimum atomic E-state index is -1.26. The van der Waals surface area contributed by atoms with Crippen molar-refractivity contribution in [3.8, 4) is 0 Å². The molecule has 0 spiro atoms. The third-order valence-corrected chi connectivity index (χ3v) is 5.70. The minimum Gasteiger partial charge on any atom is -0.390 e. The Morgan fingerprint density at radius 2 is 1.79 bits per heavy atom. The van der Waals surface area contributed by atoms with Gasteiger partial charge in [-0.2, -0.15) is 0 Å². The second-order valence-corrected chi connectivity index (χ2v) is 8.12. The first-order valence-electron chi connectivity index (χ1n) is 10.6. The lowest BCUT2D eigenvalue weighted by atomic mass is 9.73. The van der Waals surface area contributed by atoms with Gasteiger partial charge in [-0.05, 0) is 30.7 Å². The van der Waals surface area contributed by atoms with E-state index in [4.69, 9.17) is 15.2 Å². The SMILES string of the molecule is CCCCOC(C(=O)OC(=O)[C@H](N)C(C)C)(c1ccccc1)C1CCCCC1. The Kier molecular flexibility index (Phi) is 8.64. The van der Waals surface area contributed by atoms with Crippen molar-refractivity contribution >= 4 is 11.9 Å². The summed E-state index contributed by atoms with van der Waals surface area (Å²) in [6.07, 6.45) is 6.80. The average molecular weight is 390 g/mol. The van der Waals surface area contributed by atoms with Crippen molar-refractivity contribution in [2.75, 3.05) is 6.61 Å². The van der Waals surface area contributed by atoms with E-state index in [0.29, 0.717) is 6.61 Å². The third kappa shape index (κ3) is 5.21. The number of nitrogens with two attached hydrogens (primary N) is 1. The van der Waals surface area contributed by atoms with Crippen LogP contribution < -0.4 is 5.73 Å². The standard InChI is InChI=1S/C23H35NO4/c1-4-5-16-27-23(18-12-8-6-9-13-18,19-14-10-7-11-15-19)22(26)28-21(25)20(24)17(2)3/h6,8-9,12-13,17,19-20H,4-5,7,10-11,14-16,24H2,1-3H3/t20-,23?/m1/s1. The highest BCUT2D eigenvalue weighted by Crippen LogP contribution is 2.43. The van der Waals surface area contributed by atoms with Gasteiger partial charge in [0.15, 0.2) is 5.60 Å². The molecule has 0 bridgehead atoms. The fraction of sp³-hybridized carbons (Fsp3) is 0.652. The molecule has 2 atom stereocenters. The molecule has 0 amide bonds. The van der Waals surface area contributed by atoms with Gasteiger partial charge in [-0.15, -0.1) is 0 Å². The molecular weight excluding hydrogens is 354 g/mol. The van der Waals surface area contributed by atoms with Crippen molar-refractivity contribution in [3.63, 3.8) is 0 Å². The molecule has 156 valence electrons. The van der Waals surface area contributed by atoms with Crippen LogP contribution >= 0.6 is 0 Å². The molecule has 1 aliphatic carbocycles. The van der Waals surface area contributed by atoms with Crippen LogP contribution in [0.25, 0.3) is 0 Å². The molecule has 0 heterocycles. The number of rotatable bonds is 9. The number of esters is 2. The van der Waals surface area contributed by atoms with Gasteiger partial charge in [0.05, 0.1) is 0 Å². The van der Waals surface area contributed by atoms with Crippen molar-refractivity contribution in [1.29, 1.82) is 0 Å². The smallest absolute Gasteiger partial charge is 0.351 e. The normalized spacial score (nSPS) is 18.5. The molecule has 1 aromatic rings. The van der Waals surface area contributed by atoms with E-state index in [2.05, 4.69) is 6.92 Å². The summed E-state index contributed by atoms with van der Waals surface area (Å²) < 4.78 is 11.7. The summed E-state index contributed by atoms with van der Waals surface area (Å²) >= 11 is 0. The highest BCUT2D eigenvalue weighted by Gasteiger charge is 2.51. The summed E-state index contributed by atoms with van der Waals surface area (Å²) in [5.74, 6) is -1.43. The lowest BCUT2D eigenvalue weighted by molar-refractivity contribution is -0.191. The van der Waals surface area contributed by atoms with E-state index < -0.39 is 23.6 Å². The topological polar surface area (TPSA) is 78.6 Å². The van der Waals surface area contributed by atoms with Crippen LogP contribution in [0, 0.1) is 11.8 Å². The number of benzene rings is 1. The molecule has 0 aliphatic heterocycles. The highest BCUT2D eigenvalue weighted by molar-refractivity contribution is 5.93. The van der Waals surface area contributed by atoms with E-state index in [0.717, 1.165) is 50.5 Å². The van der Waals surface area contributed by atoms with Crippen LogP contribution in [0.3, 0.4) is 0 Å². The lowest BCUT2D eigenvalue weighted by Crippen LogP contribution is -2.50. The van der Waals surface area contributed by atoms with Gasteiger partial charge in [0, 0.05) is 12.5 Å². The zero-order chi connectivity index (χ0) is 20.6. The second-order valence-electron chi connectivity index (χ2n) is 8.12. The van der Waals surface area contributed by atoms with Crippen LogP contribution in [-0.4, -0.2) is 24.6 Å². The molecule has 1 saturated carbocycles. The zero-order valence-corrected chi connectivity index (χ0v) is 17.5. The van der Waals surface area contributed by atoms with Gasteiger partial charge in [0.25, 0.3) is 0 Å². The van der Waals surface area contributed by atoms with Gasteiger partial charge < -0.3 is 15.2 Å². The van der Waals surface area contributed by atoms with E-state index >= 15 is 0 Å². The van der Waals surface area contributed by atoms with E-state index in [9.17, 15) is 9.59 Å². The Hall–Kier alpha value is -1.72. The Balaban J connectivity index is 2.41. The Bertz CT molecular complexity index is 625. The van der Waals surface area contributed by atoms with Crippen molar-refractivity contribution in [1.82, 2.24) is 0 Å². The third-order valence-electron chi connectivity index (χ3n) is 5.70. The summed E-state index contributed by atoms with van der Waals surface area (Å²) in [5.41, 5.74) is 5.42. The van der Waals surface area contributed by atoms with Crippen molar-refractivity contribution < 1.29 is 19.1 Å². The minimum absolute atomic E-state index is 0.0175. The molecule has 1 fully saturated rings. The maximum atomic E-state index is 13.5. The second kappa shape index (κ2) is 10.7. The summed E-state index contributed by atoms with van der Waals surface area (Å²) in [5, 5.41) is 0. The lowest BCUT2D eigenvalue weighted by Gasteiger charge is -2.40. The van der Waals surface area contributed by atoms with Gasteiger partial charge in [0.1, 0.15) is 6.04 Å². The fourth-order valence-corrected chi connectivity index (χ4v) is 3.86. The molecule has 5 heteroatoms. The number of ether oxygens (including phenoxy) is 2. The largest absolute Gasteiger partial charge is 0.390 e. The van der Waals surface area contributed by atoms with Gasteiger partial charge in [-0.1, -0.05) is 76.8 Å². The molecule has 2 N–H and O–H groups in total. The maximum absolute atomic E-state index is 13.5. The number of carbonyl (C=O) groups excluding carboxylic acids is 2. The molecule has 1 aromatic carbocycles. The van der Waals surface area contributed by atoms with E-state index in [1.54, 1.807) is 0 Å². The van der Waals surface area contributed by atoms with E-state index in [-0.39, 0.29) is 11.8 Å². The van der Waals surface area contributed by atoms with Gasteiger partial charge in [-0.3, -0.25) is 0 Å². The summed E-state index contributed by atoms with van der Waals surface area (Å²) in [4.78, 5) is 25.9. The summed E-state index contributed by atoms with van der Waals surface area (Å²) in [6, 6.07) is 8.66. The van der Waals surface area contributed by atoms with Gasteiger partial charge in [-0.25, -0.2) is 9.59 Å². The predicted octanol–water partition coefficient (Wildman–Crippen LogP) is 4.33. The molecule has 28 heavy (non-hydrogen) atoms. The molecule has 5 nitrogen and oxygen atoms in total. The first-order valence-corrected chi connectivity index (χ1v) is 10.6. The van der Waals surface area contributed by atoms with Gasteiger partial charge in [0.2, 0.25) is 0 Å². The van der Waals surface area contributed by atoms with E-state index in [1.807, 2.05) is 44.2 Å². The van der Waals surface area contributed by atoms with Crippen LogP contribution in [0.1, 0.15) is 71.3 Å². The molecule has 0 radical (unpaired) electrons. The Labute approximate surface area is 169 Å². The zero-order valence-electron chi connectivity index (χ0n) is 17.5.